The largest absolute Gasteiger partial charge is 0.310 e. The lowest BCUT2D eigenvalue weighted by atomic mass is 9.64. The van der Waals surface area contributed by atoms with Crippen LogP contribution in [-0.4, -0.2) is 0 Å². The monoisotopic (exact) mass is 1020 g/mol. The van der Waals surface area contributed by atoms with E-state index in [1.807, 2.05) is 0 Å². The van der Waals surface area contributed by atoms with Crippen LogP contribution in [0.1, 0.15) is 44.5 Å². The quantitative estimate of drug-likeness (QED) is 0.150. The highest BCUT2D eigenvalue weighted by Gasteiger charge is 2.53. The molecule has 80 heavy (non-hydrogen) atoms. The van der Waals surface area contributed by atoms with Crippen LogP contribution in [0.4, 0.5) is 34.1 Å². The average molecular weight is 1020 g/mol. The molecule has 1 spiro atoms. The number of hydrogen-bond acceptors (Lipinski definition) is 2. The van der Waals surface area contributed by atoms with Crippen LogP contribution in [0.15, 0.2) is 315 Å². The van der Waals surface area contributed by atoms with Crippen molar-refractivity contribution in [2.24, 2.45) is 0 Å². The minimum atomic E-state index is -0.659. The van der Waals surface area contributed by atoms with Crippen molar-refractivity contribution in [3.63, 3.8) is 0 Å². The van der Waals surface area contributed by atoms with Gasteiger partial charge in [0.2, 0.25) is 0 Å². The number of para-hydroxylation sites is 4. The summed E-state index contributed by atoms with van der Waals surface area (Å²) in [6.45, 7) is 0. The molecule has 0 bridgehead atoms. The van der Waals surface area contributed by atoms with Gasteiger partial charge in [-0.2, -0.15) is 0 Å². The van der Waals surface area contributed by atoms with E-state index in [2.05, 4.69) is 325 Å². The average Bonchev–Trinajstić information content (AvgIpc) is 2.88. The zero-order chi connectivity index (χ0) is 52.8. The highest BCUT2D eigenvalue weighted by molar-refractivity contribution is 6.08. The van der Waals surface area contributed by atoms with Crippen LogP contribution in [0.3, 0.4) is 0 Å². The fourth-order valence-corrected chi connectivity index (χ4v) is 14.5. The predicted octanol–water partition coefficient (Wildman–Crippen LogP) is 20.2. The summed E-state index contributed by atoms with van der Waals surface area (Å²) >= 11 is 0. The van der Waals surface area contributed by atoms with Crippen molar-refractivity contribution in [2.45, 2.75) is 10.8 Å². The van der Waals surface area contributed by atoms with Crippen molar-refractivity contribution < 1.29 is 0 Å². The van der Waals surface area contributed by atoms with Crippen molar-refractivity contribution in [3.8, 4) is 44.5 Å². The van der Waals surface area contributed by atoms with E-state index in [-0.39, 0.29) is 0 Å². The molecule has 0 aromatic heterocycles. The molecule has 0 fully saturated rings. The lowest BCUT2D eigenvalue weighted by Crippen LogP contribution is -2.36. The van der Waals surface area contributed by atoms with Gasteiger partial charge in [0.25, 0.3) is 0 Å². The number of benzene rings is 13. The van der Waals surface area contributed by atoms with Gasteiger partial charge in [-0.1, -0.05) is 273 Å². The molecule has 0 unspecified atom stereocenters. The van der Waals surface area contributed by atoms with Crippen LogP contribution in [-0.2, 0) is 10.8 Å². The SMILES string of the molecule is c1ccc(N2c3ccccc3C3(c4ccccc4-c4c(N(c5ccccc5-c5ccccc5-c5cccc6ccccc56)c5cccc6c5-c5ccccc5C6(c5ccccc5)c5ccccc5)cccc43)c3ccccc32)cc1. The molecule has 13 aromatic rings. The summed E-state index contributed by atoms with van der Waals surface area (Å²) in [5.41, 5.74) is 25.2. The normalized spacial score (nSPS) is 13.7. The van der Waals surface area contributed by atoms with Crippen LogP contribution in [0.5, 0.6) is 0 Å². The van der Waals surface area contributed by atoms with Gasteiger partial charge in [0.15, 0.2) is 0 Å². The zero-order valence-electron chi connectivity index (χ0n) is 43.9. The topological polar surface area (TPSA) is 6.48 Å². The summed E-state index contributed by atoms with van der Waals surface area (Å²) in [7, 11) is 0. The number of nitrogens with zero attached hydrogens (tertiary/aromatic N) is 2. The molecule has 0 atom stereocenters. The van der Waals surface area contributed by atoms with Gasteiger partial charge >= 0.3 is 0 Å². The molecular formula is C78H52N2. The molecule has 13 aromatic carbocycles. The van der Waals surface area contributed by atoms with E-state index in [0.717, 1.165) is 28.3 Å². The van der Waals surface area contributed by atoms with Crippen LogP contribution in [0, 0.1) is 0 Å². The Morgan fingerprint density at radius 2 is 0.613 bits per heavy atom. The van der Waals surface area contributed by atoms with Gasteiger partial charge in [-0.05, 0) is 126 Å². The minimum Gasteiger partial charge on any atom is -0.310 e. The molecule has 1 aliphatic heterocycles. The van der Waals surface area contributed by atoms with E-state index < -0.39 is 10.8 Å². The Kier molecular flexibility index (Phi) is 10.4. The predicted molar refractivity (Wildman–Crippen MR) is 332 cm³/mol. The standard InChI is InChI=1S/C78H52N2/c1-4-29-54(30-5-1)77(55-31-6-2-7-32-55)64-42-17-14-39-62(64)75-68(77)46-25-51-73(75)80(70-48-21-16-38-61(70)60-37-13-12-36-59(60)58-41-24-28-53-27-10-11-35-57(53)58)74-52-26-47-69-76(74)63-40-15-18-43-65(63)78(69)66-44-19-22-49-71(66)79(56-33-8-3-9-34-56)72-50-23-20-45-67(72)78/h1-52H. The van der Waals surface area contributed by atoms with Gasteiger partial charge in [-0.15, -0.1) is 0 Å². The first kappa shape index (κ1) is 45.9. The second-order valence-electron chi connectivity index (χ2n) is 21.4. The third-order valence-electron chi connectivity index (χ3n) is 17.5. The van der Waals surface area contributed by atoms with Crippen molar-refractivity contribution in [3.05, 3.63) is 360 Å². The van der Waals surface area contributed by atoms with E-state index in [9.17, 15) is 0 Å². The molecule has 16 rings (SSSR count). The Morgan fingerprint density at radius 1 is 0.237 bits per heavy atom. The third-order valence-corrected chi connectivity index (χ3v) is 17.5. The molecule has 2 nitrogen and oxygen atoms in total. The summed E-state index contributed by atoms with van der Waals surface area (Å²) in [6.07, 6.45) is 0. The van der Waals surface area contributed by atoms with Gasteiger partial charge in [-0.3, -0.25) is 0 Å². The van der Waals surface area contributed by atoms with E-state index >= 15 is 0 Å². The van der Waals surface area contributed by atoms with Crippen LogP contribution in [0.2, 0.25) is 0 Å². The highest BCUT2D eigenvalue weighted by atomic mass is 15.2. The first-order valence-corrected chi connectivity index (χ1v) is 27.8. The number of rotatable bonds is 8. The summed E-state index contributed by atoms with van der Waals surface area (Å²) in [5, 5.41) is 2.45. The summed E-state index contributed by atoms with van der Waals surface area (Å²) in [4.78, 5) is 5.11. The molecule has 0 radical (unpaired) electrons. The van der Waals surface area contributed by atoms with Crippen molar-refractivity contribution in [2.75, 3.05) is 9.80 Å². The second-order valence-corrected chi connectivity index (χ2v) is 21.4. The molecule has 1 heterocycles. The Labute approximate surface area is 467 Å². The van der Waals surface area contributed by atoms with Crippen LogP contribution >= 0.6 is 0 Å². The summed E-state index contributed by atoms with van der Waals surface area (Å²) in [5.74, 6) is 0. The van der Waals surface area contributed by atoms with E-state index in [1.54, 1.807) is 0 Å². The lowest BCUT2D eigenvalue weighted by Gasteiger charge is -2.45. The maximum absolute atomic E-state index is 2.64. The molecule has 0 saturated carbocycles. The fraction of sp³-hybridized carbons (Fsp3) is 0.0256. The molecule has 2 aliphatic carbocycles. The molecule has 0 amide bonds. The van der Waals surface area contributed by atoms with Crippen molar-refractivity contribution in [1.82, 2.24) is 0 Å². The first-order valence-electron chi connectivity index (χ1n) is 27.8. The molecule has 0 saturated heterocycles. The number of hydrogen-bond donors (Lipinski definition) is 0. The smallest absolute Gasteiger partial charge is 0.0755 e. The van der Waals surface area contributed by atoms with Gasteiger partial charge in [-0.25, -0.2) is 0 Å². The highest BCUT2D eigenvalue weighted by Crippen LogP contribution is 2.67. The Morgan fingerprint density at radius 3 is 1.21 bits per heavy atom. The number of fused-ring (bicyclic) bond motifs is 13. The Bertz CT molecular complexity index is 4470. The van der Waals surface area contributed by atoms with E-state index in [0.29, 0.717) is 0 Å². The third kappa shape index (κ3) is 6.42. The van der Waals surface area contributed by atoms with Gasteiger partial charge in [0.1, 0.15) is 0 Å². The van der Waals surface area contributed by atoms with Crippen LogP contribution in [0.25, 0.3) is 55.3 Å². The molecule has 0 N–H and O–H groups in total. The molecule has 3 aliphatic rings. The molecule has 2 heteroatoms. The molecule has 374 valence electrons. The first-order chi connectivity index (χ1) is 39.8. The van der Waals surface area contributed by atoms with E-state index in [4.69, 9.17) is 0 Å². The second kappa shape index (κ2) is 18.2. The number of anilines is 6. The van der Waals surface area contributed by atoms with E-state index in [1.165, 1.54) is 106 Å². The molecular weight excluding hydrogens is 965 g/mol. The Hall–Kier alpha value is -10.3. The Balaban J connectivity index is 1.03. The van der Waals surface area contributed by atoms with Gasteiger partial charge in [0, 0.05) is 22.4 Å². The maximum Gasteiger partial charge on any atom is 0.0755 e. The summed E-state index contributed by atoms with van der Waals surface area (Å²) < 4.78 is 0. The maximum atomic E-state index is 2.64. The van der Waals surface area contributed by atoms with Gasteiger partial charge in [0.05, 0.1) is 39.3 Å². The summed E-state index contributed by atoms with van der Waals surface area (Å²) in [6, 6.07) is 118. The lowest BCUT2D eigenvalue weighted by molar-refractivity contribution is 0.752. The van der Waals surface area contributed by atoms with Crippen molar-refractivity contribution in [1.29, 1.82) is 0 Å². The fourth-order valence-electron chi connectivity index (χ4n) is 14.5. The van der Waals surface area contributed by atoms with Gasteiger partial charge < -0.3 is 9.80 Å². The van der Waals surface area contributed by atoms with Crippen molar-refractivity contribution >= 4 is 44.9 Å². The van der Waals surface area contributed by atoms with Crippen LogP contribution < -0.4 is 9.80 Å². The zero-order valence-corrected chi connectivity index (χ0v) is 43.9. The minimum absolute atomic E-state index is 0.605.